The number of aryl methyl sites for hydroxylation is 1. The van der Waals surface area contributed by atoms with Gasteiger partial charge in [-0.2, -0.15) is 0 Å². The van der Waals surface area contributed by atoms with Gasteiger partial charge in [0.1, 0.15) is 0 Å². The zero-order chi connectivity index (χ0) is 17.5. The summed E-state index contributed by atoms with van der Waals surface area (Å²) in [6, 6.07) is 16.1. The van der Waals surface area contributed by atoms with Crippen molar-refractivity contribution in [2.75, 3.05) is 0 Å². The third-order valence-corrected chi connectivity index (χ3v) is 4.78. The molecule has 130 valence electrons. The maximum absolute atomic E-state index is 6.17. The Hall–Kier alpha value is -1.81. The zero-order valence-corrected chi connectivity index (χ0v) is 15.3. The van der Waals surface area contributed by atoms with Crippen LogP contribution in [0.4, 0.5) is 0 Å². The summed E-state index contributed by atoms with van der Waals surface area (Å²) in [4.78, 5) is 4.11. The molecule has 0 saturated heterocycles. The van der Waals surface area contributed by atoms with E-state index in [-0.39, 0.29) is 6.10 Å². The Morgan fingerprint density at radius 3 is 2.56 bits per heavy atom. The summed E-state index contributed by atoms with van der Waals surface area (Å²) in [5, 5.41) is 1.11. The van der Waals surface area contributed by atoms with Gasteiger partial charge in [-0.05, 0) is 36.1 Å². The summed E-state index contributed by atoms with van der Waals surface area (Å²) in [5.41, 5.74) is 2.33. The molecule has 0 aliphatic carbocycles. The molecule has 1 aromatic heterocycles. The molecule has 0 radical (unpaired) electrons. The number of ether oxygens (including phenoxy) is 1. The van der Waals surface area contributed by atoms with Crippen LogP contribution in [0.2, 0.25) is 10.0 Å². The fourth-order valence-corrected chi connectivity index (χ4v) is 2.99. The molecule has 25 heavy (non-hydrogen) atoms. The van der Waals surface area contributed by atoms with Crippen LogP contribution in [0.3, 0.4) is 0 Å². The highest BCUT2D eigenvalue weighted by atomic mass is 35.5. The van der Waals surface area contributed by atoms with Crippen LogP contribution in [0.1, 0.15) is 17.5 Å². The molecule has 2 aromatic carbocycles. The van der Waals surface area contributed by atoms with E-state index in [0.29, 0.717) is 16.7 Å². The highest BCUT2D eigenvalue weighted by Gasteiger charge is 2.11. The zero-order valence-electron chi connectivity index (χ0n) is 13.8. The van der Waals surface area contributed by atoms with Gasteiger partial charge in [0.25, 0.3) is 0 Å². The van der Waals surface area contributed by atoms with Crippen molar-refractivity contribution in [3.05, 3.63) is 88.4 Å². The van der Waals surface area contributed by atoms with Crippen molar-refractivity contribution in [1.82, 2.24) is 9.55 Å². The number of hydrogen-bond donors (Lipinski definition) is 0. The second kappa shape index (κ2) is 9.04. The number of imidazole rings is 1. The average molecular weight is 375 g/mol. The monoisotopic (exact) mass is 374 g/mol. The molecule has 1 heterocycles. The van der Waals surface area contributed by atoms with E-state index in [1.807, 2.05) is 35.3 Å². The van der Waals surface area contributed by atoms with Crippen LogP contribution in [-0.4, -0.2) is 15.7 Å². The summed E-state index contributed by atoms with van der Waals surface area (Å²) < 4.78 is 8.21. The first-order valence-corrected chi connectivity index (χ1v) is 9.01. The molecule has 0 bridgehead atoms. The van der Waals surface area contributed by atoms with Crippen LogP contribution >= 0.6 is 23.2 Å². The maximum Gasteiger partial charge on any atom is 0.0946 e. The van der Waals surface area contributed by atoms with Crippen molar-refractivity contribution in [2.24, 2.45) is 0 Å². The van der Waals surface area contributed by atoms with Crippen LogP contribution < -0.4 is 0 Å². The first-order chi connectivity index (χ1) is 12.2. The van der Waals surface area contributed by atoms with E-state index >= 15 is 0 Å². The lowest BCUT2D eigenvalue weighted by atomic mass is 10.1. The fourth-order valence-electron chi connectivity index (χ4n) is 2.67. The molecule has 0 aliphatic heterocycles. The summed E-state index contributed by atoms with van der Waals surface area (Å²) in [5.74, 6) is 0. The van der Waals surface area contributed by atoms with Crippen molar-refractivity contribution < 1.29 is 4.74 Å². The van der Waals surface area contributed by atoms with Crippen molar-refractivity contribution >= 4 is 23.2 Å². The Morgan fingerprint density at radius 1 is 1.00 bits per heavy atom. The van der Waals surface area contributed by atoms with Gasteiger partial charge in [-0.1, -0.05) is 59.6 Å². The molecule has 5 heteroatoms. The molecule has 0 N–H and O–H groups in total. The van der Waals surface area contributed by atoms with Gasteiger partial charge in [0.2, 0.25) is 0 Å². The molecule has 0 saturated carbocycles. The van der Waals surface area contributed by atoms with Crippen molar-refractivity contribution in [3.8, 4) is 0 Å². The molecular weight excluding hydrogens is 355 g/mol. The van der Waals surface area contributed by atoms with Crippen molar-refractivity contribution in [3.63, 3.8) is 0 Å². The Balaban J connectivity index is 1.61. The van der Waals surface area contributed by atoms with Gasteiger partial charge < -0.3 is 9.30 Å². The van der Waals surface area contributed by atoms with E-state index in [2.05, 4.69) is 29.2 Å². The number of rotatable bonds is 8. The molecule has 0 spiro atoms. The lowest BCUT2D eigenvalue weighted by Gasteiger charge is -2.19. The Labute approximate surface area is 158 Å². The van der Waals surface area contributed by atoms with Crippen molar-refractivity contribution in [2.45, 2.75) is 32.1 Å². The molecule has 1 atom stereocenters. The molecule has 1 unspecified atom stereocenters. The third-order valence-electron chi connectivity index (χ3n) is 4.04. The number of nitrogens with zero attached hydrogens (tertiary/aromatic N) is 2. The smallest absolute Gasteiger partial charge is 0.0946 e. The molecular formula is C20H20Cl2N2O. The van der Waals surface area contributed by atoms with E-state index < -0.39 is 0 Å². The first-order valence-electron chi connectivity index (χ1n) is 8.26. The van der Waals surface area contributed by atoms with Crippen LogP contribution in [0, 0.1) is 0 Å². The molecule has 3 rings (SSSR count). The van der Waals surface area contributed by atoms with E-state index in [0.717, 1.165) is 24.9 Å². The predicted molar refractivity (Wildman–Crippen MR) is 102 cm³/mol. The number of aromatic nitrogens is 2. The fraction of sp³-hybridized carbons (Fsp3) is 0.250. The van der Waals surface area contributed by atoms with Gasteiger partial charge in [-0.15, -0.1) is 0 Å². The normalized spacial score (nSPS) is 12.2. The van der Waals surface area contributed by atoms with Crippen LogP contribution in [-0.2, 0) is 24.3 Å². The van der Waals surface area contributed by atoms with E-state index in [1.54, 1.807) is 12.3 Å². The van der Waals surface area contributed by atoms with Crippen LogP contribution in [0.15, 0.2) is 67.3 Å². The second-order valence-corrected chi connectivity index (χ2v) is 6.78. The second-order valence-electron chi connectivity index (χ2n) is 5.97. The number of benzene rings is 2. The van der Waals surface area contributed by atoms with E-state index in [4.69, 9.17) is 27.9 Å². The lowest BCUT2D eigenvalue weighted by molar-refractivity contribution is 0.0239. The lowest BCUT2D eigenvalue weighted by Crippen LogP contribution is -2.20. The van der Waals surface area contributed by atoms with Gasteiger partial charge in [0.15, 0.2) is 0 Å². The van der Waals surface area contributed by atoms with E-state index in [1.165, 1.54) is 5.56 Å². The highest BCUT2D eigenvalue weighted by Crippen LogP contribution is 2.23. The Bertz CT molecular complexity index is 776. The standard InChI is InChI=1S/C20H20Cl2N2O/c21-19-9-7-17(12-20(19)22)14-25-18(13-24-11-10-23-15-24)8-6-16-4-2-1-3-5-16/h1-5,7,9-12,15,18H,6,8,13-14H2. The largest absolute Gasteiger partial charge is 0.372 e. The summed E-state index contributed by atoms with van der Waals surface area (Å²) in [7, 11) is 0. The Kier molecular flexibility index (Phi) is 6.51. The minimum atomic E-state index is 0.0869. The van der Waals surface area contributed by atoms with Gasteiger partial charge in [0, 0.05) is 18.9 Å². The topological polar surface area (TPSA) is 27.1 Å². The number of hydrogen-bond acceptors (Lipinski definition) is 2. The minimum Gasteiger partial charge on any atom is -0.372 e. The SMILES string of the molecule is Clc1ccc(COC(CCc2ccccc2)Cn2ccnc2)cc1Cl. The van der Waals surface area contributed by atoms with Gasteiger partial charge >= 0.3 is 0 Å². The van der Waals surface area contributed by atoms with Gasteiger partial charge in [-0.3, -0.25) is 0 Å². The maximum atomic E-state index is 6.17. The molecule has 0 amide bonds. The van der Waals surface area contributed by atoms with Gasteiger partial charge in [-0.25, -0.2) is 4.98 Å². The average Bonchev–Trinajstić information content (AvgIpc) is 3.14. The Morgan fingerprint density at radius 2 is 1.84 bits per heavy atom. The van der Waals surface area contributed by atoms with Crippen LogP contribution in [0.25, 0.3) is 0 Å². The third kappa shape index (κ3) is 5.60. The first kappa shape index (κ1) is 18.0. The summed E-state index contributed by atoms with van der Waals surface area (Å²) in [6.07, 6.45) is 7.55. The van der Waals surface area contributed by atoms with Crippen LogP contribution in [0.5, 0.6) is 0 Å². The predicted octanol–water partition coefficient (Wildman–Crippen LogP) is 5.41. The molecule has 3 aromatic rings. The minimum absolute atomic E-state index is 0.0869. The molecule has 3 nitrogen and oxygen atoms in total. The van der Waals surface area contributed by atoms with Crippen molar-refractivity contribution in [1.29, 1.82) is 0 Å². The quantitative estimate of drug-likeness (QED) is 0.527. The number of halogens is 2. The highest BCUT2D eigenvalue weighted by molar-refractivity contribution is 6.42. The van der Waals surface area contributed by atoms with E-state index in [9.17, 15) is 0 Å². The summed E-state index contributed by atoms with van der Waals surface area (Å²) in [6.45, 7) is 1.28. The molecule has 0 aliphatic rings. The molecule has 0 fully saturated rings. The van der Waals surface area contributed by atoms with Gasteiger partial charge in [0.05, 0.1) is 29.1 Å². The summed E-state index contributed by atoms with van der Waals surface area (Å²) >= 11 is 12.1.